The number of nitrogens with zero attached hydrogens (tertiary/aromatic N) is 1. The van der Waals surface area contributed by atoms with Gasteiger partial charge in [-0.1, -0.05) is 48.5 Å². The van der Waals surface area contributed by atoms with Gasteiger partial charge in [0.15, 0.2) is 0 Å². The Labute approximate surface area is 125 Å². The van der Waals surface area contributed by atoms with Gasteiger partial charge in [0.05, 0.1) is 6.61 Å². The number of aryl methyl sites for hydroxylation is 1. The summed E-state index contributed by atoms with van der Waals surface area (Å²) in [6.45, 7) is 0.250. The molecular formula is C16H20NO3P. The van der Waals surface area contributed by atoms with Crippen LogP contribution in [0.2, 0.25) is 0 Å². The van der Waals surface area contributed by atoms with Gasteiger partial charge in [0.1, 0.15) is 0 Å². The molecule has 0 fully saturated rings. The van der Waals surface area contributed by atoms with Crippen LogP contribution in [0.5, 0.6) is 0 Å². The molecule has 0 aliphatic heterocycles. The van der Waals surface area contributed by atoms with Crippen molar-refractivity contribution in [2.45, 2.75) is 12.8 Å². The maximum Gasteiger partial charge on any atom is 0.432 e. The lowest BCUT2D eigenvalue weighted by Crippen LogP contribution is -2.15. The number of anilines is 1. The minimum Gasteiger partial charge on any atom is -0.308 e. The highest BCUT2D eigenvalue weighted by molar-refractivity contribution is 7.54. The lowest BCUT2D eigenvalue weighted by Gasteiger charge is -2.24. The SMILES string of the molecule is CN(c1ccccc1)P(=O)(O)OCCCc1ccccc1. The zero-order valence-corrected chi connectivity index (χ0v) is 12.9. The van der Waals surface area contributed by atoms with Gasteiger partial charge in [-0.25, -0.2) is 4.57 Å². The van der Waals surface area contributed by atoms with E-state index in [-0.39, 0.29) is 6.61 Å². The van der Waals surface area contributed by atoms with Crippen LogP contribution >= 0.6 is 7.75 Å². The molecule has 0 aliphatic carbocycles. The Bertz CT molecular complexity index is 589. The number of rotatable bonds is 7. The second-order valence-corrected chi connectivity index (χ2v) is 6.61. The number of hydrogen-bond donors (Lipinski definition) is 1. The first kappa shape index (κ1) is 15.8. The quantitative estimate of drug-likeness (QED) is 0.623. The second-order valence-electron chi connectivity index (χ2n) is 4.77. The molecule has 0 aromatic heterocycles. The van der Waals surface area contributed by atoms with Crippen LogP contribution in [0.15, 0.2) is 60.7 Å². The Balaban J connectivity index is 1.83. The van der Waals surface area contributed by atoms with E-state index in [4.69, 9.17) is 4.52 Å². The molecule has 0 saturated heterocycles. The smallest absolute Gasteiger partial charge is 0.308 e. The predicted molar refractivity (Wildman–Crippen MR) is 85.4 cm³/mol. The number of benzene rings is 2. The van der Waals surface area contributed by atoms with E-state index in [9.17, 15) is 9.46 Å². The molecule has 2 aromatic carbocycles. The summed E-state index contributed by atoms with van der Waals surface area (Å²) in [6.07, 6.45) is 1.53. The Morgan fingerprint density at radius 3 is 2.24 bits per heavy atom. The summed E-state index contributed by atoms with van der Waals surface area (Å²) >= 11 is 0. The molecule has 0 bridgehead atoms. The second kappa shape index (κ2) is 7.41. The molecule has 0 heterocycles. The van der Waals surface area contributed by atoms with Crippen molar-refractivity contribution in [3.8, 4) is 0 Å². The monoisotopic (exact) mass is 305 g/mol. The van der Waals surface area contributed by atoms with Crippen molar-refractivity contribution in [1.29, 1.82) is 0 Å². The summed E-state index contributed by atoms with van der Waals surface area (Å²) in [5.41, 5.74) is 1.86. The van der Waals surface area contributed by atoms with Gasteiger partial charge in [0.2, 0.25) is 0 Å². The largest absolute Gasteiger partial charge is 0.432 e. The summed E-state index contributed by atoms with van der Waals surface area (Å²) in [5, 5.41) is 0. The van der Waals surface area contributed by atoms with Crippen LogP contribution < -0.4 is 4.67 Å². The zero-order chi connectivity index (χ0) is 15.1. The fraction of sp³-hybridized carbons (Fsp3) is 0.250. The Kier molecular flexibility index (Phi) is 5.57. The van der Waals surface area contributed by atoms with E-state index >= 15 is 0 Å². The molecule has 2 rings (SSSR count). The third kappa shape index (κ3) is 4.71. The summed E-state index contributed by atoms with van der Waals surface area (Å²) < 4.78 is 18.7. The van der Waals surface area contributed by atoms with E-state index in [2.05, 4.69) is 0 Å². The maximum absolute atomic E-state index is 12.2. The van der Waals surface area contributed by atoms with E-state index in [0.29, 0.717) is 12.1 Å². The topological polar surface area (TPSA) is 49.8 Å². The van der Waals surface area contributed by atoms with E-state index in [1.54, 1.807) is 19.2 Å². The molecule has 5 heteroatoms. The van der Waals surface area contributed by atoms with E-state index in [0.717, 1.165) is 6.42 Å². The zero-order valence-electron chi connectivity index (χ0n) is 12.1. The third-order valence-electron chi connectivity index (χ3n) is 3.22. The molecule has 0 aliphatic rings. The van der Waals surface area contributed by atoms with Gasteiger partial charge >= 0.3 is 7.75 Å². The first-order valence-corrected chi connectivity index (χ1v) is 8.43. The van der Waals surface area contributed by atoms with Gasteiger partial charge < -0.3 is 4.89 Å². The molecule has 0 saturated carbocycles. The van der Waals surface area contributed by atoms with Crippen LogP contribution in [-0.4, -0.2) is 18.5 Å². The highest BCUT2D eigenvalue weighted by Crippen LogP contribution is 2.47. The molecule has 0 spiro atoms. The van der Waals surface area contributed by atoms with Crippen molar-refractivity contribution in [1.82, 2.24) is 0 Å². The highest BCUT2D eigenvalue weighted by atomic mass is 31.2. The fourth-order valence-electron chi connectivity index (χ4n) is 1.98. The van der Waals surface area contributed by atoms with Gasteiger partial charge in [-0.3, -0.25) is 9.19 Å². The predicted octanol–water partition coefficient (Wildman–Crippen LogP) is 3.87. The molecule has 1 unspecified atom stereocenters. The van der Waals surface area contributed by atoms with Crippen LogP contribution in [-0.2, 0) is 15.5 Å². The normalized spacial score (nSPS) is 13.6. The van der Waals surface area contributed by atoms with Gasteiger partial charge in [-0.2, -0.15) is 0 Å². The molecule has 2 aromatic rings. The number of para-hydroxylation sites is 1. The summed E-state index contributed by atoms with van der Waals surface area (Å²) in [7, 11) is -2.23. The van der Waals surface area contributed by atoms with Crippen LogP contribution in [0.1, 0.15) is 12.0 Å². The standard InChI is InChI=1S/C16H20NO3P/c1-17(16-12-6-3-7-13-16)21(18,19)20-14-8-11-15-9-4-2-5-10-15/h2-7,9-10,12-13H,8,11,14H2,1H3,(H,18,19). The molecule has 4 nitrogen and oxygen atoms in total. The first-order valence-electron chi connectivity index (χ1n) is 6.90. The molecule has 0 amide bonds. The van der Waals surface area contributed by atoms with Gasteiger partial charge in [-0.15, -0.1) is 0 Å². The van der Waals surface area contributed by atoms with Crippen LogP contribution in [0.25, 0.3) is 0 Å². The minimum absolute atomic E-state index is 0.250. The van der Waals surface area contributed by atoms with Crippen LogP contribution in [0, 0.1) is 0 Å². The van der Waals surface area contributed by atoms with Gasteiger partial charge in [-0.05, 0) is 30.5 Å². The average molecular weight is 305 g/mol. The van der Waals surface area contributed by atoms with E-state index < -0.39 is 7.75 Å². The van der Waals surface area contributed by atoms with E-state index in [1.807, 2.05) is 48.5 Å². The molecule has 1 N–H and O–H groups in total. The van der Waals surface area contributed by atoms with Crippen molar-refractivity contribution in [2.75, 3.05) is 18.3 Å². The average Bonchev–Trinajstić information content (AvgIpc) is 2.53. The Hall–Kier alpha value is -1.61. The van der Waals surface area contributed by atoms with Crippen molar-refractivity contribution in [2.24, 2.45) is 0 Å². The van der Waals surface area contributed by atoms with Crippen LogP contribution in [0.3, 0.4) is 0 Å². The molecule has 112 valence electrons. The van der Waals surface area contributed by atoms with Crippen molar-refractivity contribution in [3.05, 3.63) is 66.2 Å². The third-order valence-corrected chi connectivity index (χ3v) is 4.73. The lowest BCUT2D eigenvalue weighted by atomic mass is 10.1. The van der Waals surface area contributed by atoms with Crippen molar-refractivity contribution in [3.63, 3.8) is 0 Å². The maximum atomic E-state index is 12.2. The highest BCUT2D eigenvalue weighted by Gasteiger charge is 2.26. The van der Waals surface area contributed by atoms with Gasteiger partial charge in [0, 0.05) is 12.7 Å². The molecule has 21 heavy (non-hydrogen) atoms. The summed E-state index contributed by atoms with van der Waals surface area (Å²) in [6, 6.07) is 19.1. The lowest BCUT2D eigenvalue weighted by molar-refractivity contribution is 0.255. The number of hydrogen-bond acceptors (Lipinski definition) is 2. The Morgan fingerprint density at radius 1 is 1.05 bits per heavy atom. The van der Waals surface area contributed by atoms with E-state index in [1.165, 1.54) is 10.2 Å². The Morgan fingerprint density at radius 2 is 1.62 bits per heavy atom. The summed E-state index contributed by atoms with van der Waals surface area (Å²) in [4.78, 5) is 9.99. The van der Waals surface area contributed by atoms with Crippen molar-refractivity contribution < 1.29 is 14.0 Å². The van der Waals surface area contributed by atoms with Crippen LogP contribution in [0.4, 0.5) is 5.69 Å². The van der Waals surface area contributed by atoms with Gasteiger partial charge in [0.25, 0.3) is 0 Å². The molecule has 1 atom stereocenters. The molecular weight excluding hydrogens is 285 g/mol. The summed E-state index contributed by atoms with van der Waals surface area (Å²) in [5.74, 6) is 0. The minimum atomic E-state index is -3.79. The fourth-order valence-corrected chi connectivity index (χ4v) is 2.95. The first-order chi connectivity index (χ1) is 10.1. The van der Waals surface area contributed by atoms with Crippen molar-refractivity contribution >= 4 is 13.4 Å². The molecule has 0 radical (unpaired) electrons.